The molecule has 1 aliphatic heterocycles. The van der Waals surface area contributed by atoms with E-state index in [1.54, 1.807) is 6.07 Å². The lowest BCUT2D eigenvalue weighted by molar-refractivity contribution is -0.137. The van der Waals surface area contributed by atoms with Gasteiger partial charge in [-0.1, -0.05) is 12.1 Å². The minimum absolute atomic E-state index is 0.00806. The van der Waals surface area contributed by atoms with E-state index in [9.17, 15) is 13.2 Å². The van der Waals surface area contributed by atoms with Gasteiger partial charge in [0, 0.05) is 24.7 Å². The highest BCUT2D eigenvalue weighted by Crippen LogP contribution is 2.33. The second-order valence-corrected chi connectivity index (χ2v) is 6.15. The Morgan fingerprint density at radius 2 is 1.86 bits per heavy atom. The lowest BCUT2D eigenvalue weighted by Crippen LogP contribution is -2.50. The highest BCUT2D eigenvalue weighted by Gasteiger charge is 2.33. The van der Waals surface area contributed by atoms with E-state index >= 15 is 0 Å². The molecule has 21 heavy (non-hydrogen) atoms. The zero-order valence-electron chi connectivity index (χ0n) is 12.8. The summed E-state index contributed by atoms with van der Waals surface area (Å²) in [7, 11) is 1.96. The average molecular weight is 300 g/mol. The number of halogens is 3. The number of nitrogens with zero attached hydrogens (tertiary/aromatic N) is 1. The Balaban J connectivity index is 2.09. The third kappa shape index (κ3) is 3.77. The van der Waals surface area contributed by atoms with E-state index in [4.69, 9.17) is 0 Å². The quantitative estimate of drug-likeness (QED) is 0.912. The fraction of sp³-hybridized carbons (Fsp3) is 0.625. The summed E-state index contributed by atoms with van der Waals surface area (Å²) in [6, 6.07) is 5.69. The van der Waals surface area contributed by atoms with E-state index in [1.807, 2.05) is 14.0 Å². The van der Waals surface area contributed by atoms with Gasteiger partial charge in [-0.15, -0.1) is 0 Å². The molecule has 1 saturated heterocycles. The molecule has 1 aliphatic rings. The SMILES string of the molecule is CNC1(C)CCN(C(C)c2cccc(C(F)(F)F)c2)CC1. The van der Waals surface area contributed by atoms with Crippen LogP contribution in [0.15, 0.2) is 24.3 Å². The van der Waals surface area contributed by atoms with Crippen molar-refractivity contribution in [1.82, 2.24) is 10.2 Å². The van der Waals surface area contributed by atoms with E-state index in [2.05, 4.69) is 17.1 Å². The first-order valence-electron chi connectivity index (χ1n) is 7.35. The van der Waals surface area contributed by atoms with Gasteiger partial charge in [0.15, 0.2) is 0 Å². The average Bonchev–Trinajstić information content (AvgIpc) is 2.47. The third-order valence-electron chi connectivity index (χ3n) is 4.75. The molecule has 0 amide bonds. The van der Waals surface area contributed by atoms with Crippen molar-refractivity contribution in [3.8, 4) is 0 Å². The topological polar surface area (TPSA) is 15.3 Å². The Bertz CT molecular complexity index is 477. The highest BCUT2D eigenvalue weighted by atomic mass is 19.4. The molecular formula is C16H23F3N2. The smallest absolute Gasteiger partial charge is 0.314 e. The van der Waals surface area contributed by atoms with E-state index in [1.165, 1.54) is 12.1 Å². The van der Waals surface area contributed by atoms with Crippen LogP contribution in [0.5, 0.6) is 0 Å². The first-order valence-corrected chi connectivity index (χ1v) is 7.35. The fourth-order valence-electron chi connectivity index (χ4n) is 2.84. The van der Waals surface area contributed by atoms with Crippen LogP contribution >= 0.6 is 0 Å². The maximum Gasteiger partial charge on any atom is 0.416 e. The Hall–Kier alpha value is -1.07. The van der Waals surface area contributed by atoms with Crippen LogP contribution < -0.4 is 5.32 Å². The molecular weight excluding hydrogens is 277 g/mol. The van der Waals surface area contributed by atoms with E-state index < -0.39 is 11.7 Å². The molecule has 0 radical (unpaired) electrons. The van der Waals surface area contributed by atoms with Gasteiger partial charge in [0.1, 0.15) is 0 Å². The first kappa shape index (κ1) is 16.3. The lowest BCUT2D eigenvalue weighted by Gasteiger charge is -2.42. The summed E-state index contributed by atoms with van der Waals surface area (Å²) >= 11 is 0. The van der Waals surface area contributed by atoms with Crippen LogP contribution in [0.1, 0.15) is 43.9 Å². The molecule has 0 bridgehead atoms. The largest absolute Gasteiger partial charge is 0.416 e. The van der Waals surface area contributed by atoms with Gasteiger partial charge < -0.3 is 5.32 Å². The molecule has 5 heteroatoms. The molecule has 1 aromatic carbocycles. The van der Waals surface area contributed by atoms with Gasteiger partial charge in [-0.05, 0) is 51.4 Å². The maximum absolute atomic E-state index is 12.8. The van der Waals surface area contributed by atoms with Crippen LogP contribution in [0.4, 0.5) is 13.2 Å². The number of nitrogens with one attached hydrogen (secondary N) is 1. The highest BCUT2D eigenvalue weighted by molar-refractivity contribution is 5.27. The molecule has 1 N–H and O–H groups in total. The van der Waals surface area contributed by atoms with E-state index in [0.29, 0.717) is 0 Å². The van der Waals surface area contributed by atoms with Gasteiger partial charge >= 0.3 is 6.18 Å². The van der Waals surface area contributed by atoms with Crippen molar-refractivity contribution in [2.75, 3.05) is 20.1 Å². The van der Waals surface area contributed by atoms with E-state index in [-0.39, 0.29) is 11.6 Å². The predicted octanol–water partition coefficient (Wildman–Crippen LogP) is 3.84. The minimum Gasteiger partial charge on any atom is -0.314 e. The van der Waals surface area contributed by atoms with Crippen LogP contribution in [0.3, 0.4) is 0 Å². The van der Waals surface area contributed by atoms with Crippen molar-refractivity contribution in [2.24, 2.45) is 0 Å². The van der Waals surface area contributed by atoms with Gasteiger partial charge in [-0.25, -0.2) is 0 Å². The Morgan fingerprint density at radius 1 is 1.24 bits per heavy atom. The number of likely N-dealkylation sites (tertiary alicyclic amines) is 1. The van der Waals surface area contributed by atoms with Crippen LogP contribution in [0, 0.1) is 0 Å². The molecule has 1 atom stereocenters. The molecule has 0 aliphatic carbocycles. The molecule has 118 valence electrons. The molecule has 0 aromatic heterocycles. The summed E-state index contributed by atoms with van der Waals surface area (Å²) in [5.41, 5.74) is 0.311. The predicted molar refractivity (Wildman–Crippen MR) is 78.1 cm³/mol. The molecule has 0 spiro atoms. The standard InChI is InChI=1S/C16H23F3N2/c1-12(21-9-7-15(2,20-3)8-10-21)13-5-4-6-14(11-13)16(17,18)19/h4-6,11-12,20H,7-10H2,1-3H3. The summed E-state index contributed by atoms with van der Waals surface area (Å²) in [4.78, 5) is 2.26. The van der Waals surface area contributed by atoms with Gasteiger partial charge in [0.2, 0.25) is 0 Å². The second kappa shape index (κ2) is 5.97. The molecule has 1 aromatic rings. The van der Waals surface area contributed by atoms with Crippen molar-refractivity contribution in [2.45, 2.75) is 44.4 Å². The summed E-state index contributed by atoms with van der Waals surface area (Å²) in [5.74, 6) is 0. The molecule has 1 unspecified atom stereocenters. The van der Waals surface area contributed by atoms with Gasteiger partial charge in [-0.3, -0.25) is 4.90 Å². The Labute approximate surface area is 124 Å². The maximum atomic E-state index is 12.8. The van der Waals surface area contributed by atoms with Crippen molar-refractivity contribution in [3.05, 3.63) is 35.4 Å². The molecule has 1 fully saturated rings. The zero-order chi connectivity index (χ0) is 15.7. The van der Waals surface area contributed by atoms with Crippen molar-refractivity contribution in [1.29, 1.82) is 0 Å². The Morgan fingerprint density at radius 3 is 2.38 bits per heavy atom. The summed E-state index contributed by atoms with van der Waals surface area (Å²) in [6.45, 7) is 5.97. The van der Waals surface area contributed by atoms with Gasteiger partial charge in [-0.2, -0.15) is 13.2 Å². The summed E-state index contributed by atoms with van der Waals surface area (Å²) < 4.78 is 38.4. The minimum atomic E-state index is -4.28. The molecule has 2 nitrogen and oxygen atoms in total. The van der Waals surface area contributed by atoms with Gasteiger partial charge in [0.05, 0.1) is 5.56 Å². The molecule has 1 heterocycles. The number of hydrogen-bond acceptors (Lipinski definition) is 2. The number of piperidine rings is 1. The van der Waals surface area contributed by atoms with Crippen LogP contribution in [0.25, 0.3) is 0 Å². The fourth-order valence-corrected chi connectivity index (χ4v) is 2.84. The molecule has 2 rings (SSSR count). The monoisotopic (exact) mass is 300 g/mol. The van der Waals surface area contributed by atoms with Crippen molar-refractivity contribution < 1.29 is 13.2 Å². The van der Waals surface area contributed by atoms with Crippen LogP contribution in [-0.2, 0) is 6.18 Å². The van der Waals surface area contributed by atoms with E-state index in [0.717, 1.165) is 37.6 Å². The summed E-state index contributed by atoms with van der Waals surface area (Å²) in [6.07, 6.45) is -2.26. The van der Waals surface area contributed by atoms with Crippen LogP contribution in [-0.4, -0.2) is 30.6 Å². The summed E-state index contributed by atoms with van der Waals surface area (Å²) in [5, 5.41) is 3.33. The van der Waals surface area contributed by atoms with Crippen molar-refractivity contribution in [3.63, 3.8) is 0 Å². The van der Waals surface area contributed by atoms with Gasteiger partial charge in [0.25, 0.3) is 0 Å². The van der Waals surface area contributed by atoms with Crippen LogP contribution in [0.2, 0.25) is 0 Å². The number of rotatable bonds is 3. The zero-order valence-corrected chi connectivity index (χ0v) is 12.8. The number of alkyl halides is 3. The number of benzene rings is 1. The lowest BCUT2D eigenvalue weighted by atomic mass is 9.88. The van der Waals surface area contributed by atoms with Crippen molar-refractivity contribution >= 4 is 0 Å². The number of hydrogen-bond donors (Lipinski definition) is 1. The normalized spacial score (nSPS) is 21.2. The first-order chi connectivity index (χ1) is 9.75. The second-order valence-electron chi connectivity index (χ2n) is 6.15. The molecule has 0 saturated carbocycles. The third-order valence-corrected chi connectivity index (χ3v) is 4.75. The Kier molecular flexibility index (Phi) is 4.63.